The fourth-order valence-corrected chi connectivity index (χ4v) is 2.35. The van der Waals surface area contributed by atoms with E-state index >= 15 is 0 Å². The van der Waals surface area contributed by atoms with E-state index in [1.807, 2.05) is 49.4 Å². The van der Waals surface area contributed by atoms with Gasteiger partial charge in [-0.25, -0.2) is 4.79 Å². The van der Waals surface area contributed by atoms with Gasteiger partial charge in [-0.1, -0.05) is 17.7 Å². The Bertz CT molecular complexity index is 599. The summed E-state index contributed by atoms with van der Waals surface area (Å²) in [7, 11) is 0. The highest BCUT2D eigenvalue weighted by atomic mass is 127. The van der Waals surface area contributed by atoms with Crippen LogP contribution in [-0.2, 0) is 0 Å². The van der Waals surface area contributed by atoms with E-state index in [-0.39, 0.29) is 6.03 Å². The van der Waals surface area contributed by atoms with Gasteiger partial charge in [0.2, 0.25) is 0 Å². The maximum atomic E-state index is 11.9. The molecule has 98 valence electrons. The molecule has 0 aliphatic rings. The summed E-state index contributed by atoms with van der Waals surface area (Å²) >= 11 is 5.61. The Morgan fingerprint density at radius 3 is 2.47 bits per heavy atom. The molecule has 0 heterocycles. The first kappa shape index (κ1) is 14.3. The van der Waals surface area contributed by atoms with Crippen molar-refractivity contribution in [1.29, 1.82) is 0 Å². The van der Waals surface area contributed by atoms with Crippen molar-refractivity contribution in [2.24, 2.45) is 0 Å². The van der Waals surface area contributed by atoms with Gasteiger partial charge in [0.15, 0.2) is 0 Å². The van der Waals surface area contributed by atoms with Gasteiger partial charge in [-0.05, 0) is 75.8 Å². The van der Waals surface area contributed by atoms with Crippen LogP contribution in [0.15, 0.2) is 46.9 Å². The number of aryl methyl sites for hydroxylation is 1. The maximum Gasteiger partial charge on any atom is 0.323 e. The number of halogens is 2. The first-order valence-corrected chi connectivity index (χ1v) is 7.51. The SMILES string of the molecule is Cc1ccc(NC(=O)Nc2cc(I)ccc2Br)cc1. The molecule has 2 N–H and O–H groups in total. The number of anilines is 2. The van der Waals surface area contributed by atoms with Crippen LogP contribution in [0.4, 0.5) is 16.2 Å². The van der Waals surface area contributed by atoms with Gasteiger partial charge in [-0.3, -0.25) is 0 Å². The maximum absolute atomic E-state index is 11.9. The number of urea groups is 1. The molecule has 0 atom stereocenters. The normalized spacial score (nSPS) is 10.1. The van der Waals surface area contributed by atoms with Gasteiger partial charge in [0, 0.05) is 13.7 Å². The number of hydrogen-bond donors (Lipinski definition) is 2. The third kappa shape index (κ3) is 4.21. The van der Waals surface area contributed by atoms with Crippen LogP contribution in [0.25, 0.3) is 0 Å². The van der Waals surface area contributed by atoms with E-state index in [1.54, 1.807) is 0 Å². The minimum absolute atomic E-state index is 0.258. The number of carbonyl (C=O) groups is 1. The molecular weight excluding hydrogens is 419 g/mol. The summed E-state index contributed by atoms with van der Waals surface area (Å²) in [6, 6.07) is 13.2. The van der Waals surface area contributed by atoms with Gasteiger partial charge in [0.25, 0.3) is 0 Å². The third-order valence-electron chi connectivity index (χ3n) is 2.49. The zero-order chi connectivity index (χ0) is 13.8. The predicted molar refractivity (Wildman–Crippen MR) is 90.7 cm³/mol. The molecule has 3 nitrogen and oxygen atoms in total. The summed E-state index contributed by atoms with van der Waals surface area (Å²) in [5.41, 5.74) is 2.67. The molecule has 5 heteroatoms. The molecule has 0 radical (unpaired) electrons. The summed E-state index contributed by atoms with van der Waals surface area (Å²) in [5.74, 6) is 0. The van der Waals surface area contributed by atoms with Crippen molar-refractivity contribution >= 4 is 55.9 Å². The standard InChI is InChI=1S/C14H12BrIN2O/c1-9-2-5-11(6-3-9)17-14(19)18-13-8-10(16)4-7-12(13)15/h2-8H,1H3,(H2,17,18,19). The lowest BCUT2D eigenvalue weighted by atomic mass is 10.2. The molecule has 0 spiro atoms. The molecule has 0 aliphatic heterocycles. The Labute approximate surface area is 134 Å². The lowest BCUT2D eigenvalue weighted by Gasteiger charge is -2.09. The van der Waals surface area contributed by atoms with E-state index in [0.29, 0.717) is 0 Å². The average molecular weight is 431 g/mol. The van der Waals surface area contributed by atoms with Gasteiger partial charge >= 0.3 is 6.03 Å². The molecular formula is C14H12BrIN2O. The lowest BCUT2D eigenvalue weighted by molar-refractivity contribution is 0.262. The van der Waals surface area contributed by atoms with Crippen LogP contribution in [0.2, 0.25) is 0 Å². The third-order valence-corrected chi connectivity index (χ3v) is 3.85. The molecule has 19 heavy (non-hydrogen) atoms. The second-order valence-electron chi connectivity index (χ2n) is 4.07. The molecule has 0 unspecified atom stereocenters. The van der Waals surface area contributed by atoms with E-state index in [2.05, 4.69) is 49.2 Å². The Morgan fingerprint density at radius 2 is 1.79 bits per heavy atom. The van der Waals surface area contributed by atoms with Crippen LogP contribution < -0.4 is 10.6 Å². The topological polar surface area (TPSA) is 41.1 Å². The molecule has 0 bridgehead atoms. The fraction of sp³-hybridized carbons (Fsp3) is 0.0714. The van der Waals surface area contributed by atoms with Crippen molar-refractivity contribution < 1.29 is 4.79 Å². The number of hydrogen-bond acceptors (Lipinski definition) is 1. The van der Waals surface area contributed by atoms with E-state index in [1.165, 1.54) is 0 Å². The Balaban J connectivity index is 2.05. The molecule has 2 aromatic rings. The van der Waals surface area contributed by atoms with E-state index in [9.17, 15) is 4.79 Å². The number of rotatable bonds is 2. The highest BCUT2D eigenvalue weighted by Gasteiger charge is 2.06. The second-order valence-corrected chi connectivity index (χ2v) is 6.17. The van der Waals surface area contributed by atoms with Crippen LogP contribution >= 0.6 is 38.5 Å². The molecule has 2 amide bonds. The molecule has 0 fully saturated rings. The number of amides is 2. The van der Waals surface area contributed by atoms with Crippen molar-refractivity contribution in [2.75, 3.05) is 10.6 Å². The van der Waals surface area contributed by atoms with Crippen LogP contribution in [0.3, 0.4) is 0 Å². The van der Waals surface area contributed by atoms with Crippen molar-refractivity contribution in [3.63, 3.8) is 0 Å². The van der Waals surface area contributed by atoms with Gasteiger partial charge in [-0.2, -0.15) is 0 Å². The summed E-state index contributed by atoms with van der Waals surface area (Å²) in [6.07, 6.45) is 0. The predicted octanol–water partition coefficient (Wildman–Crippen LogP) is 5.01. The summed E-state index contributed by atoms with van der Waals surface area (Å²) in [6.45, 7) is 2.01. The number of benzene rings is 2. The number of carbonyl (C=O) groups excluding carboxylic acids is 1. The first-order chi connectivity index (χ1) is 9.04. The molecule has 2 aromatic carbocycles. The van der Waals surface area contributed by atoms with Crippen molar-refractivity contribution in [2.45, 2.75) is 6.92 Å². The minimum atomic E-state index is -0.258. The summed E-state index contributed by atoms with van der Waals surface area (Å²) < 4.78 is 1.92. The van der Waals surface area contributed by atoms with Crippen molar-refractivity contribution in [3.05, 3.63) is 56.1 Å². The Morgan fingerprint density at radius 1 is 1.11 bits per heavy atom. The van der Waals surface area contributed by atoms with Gasteiger partial charge in [0.05, 0.1) is 5.69 Å². The summed E-state index contributed by atoms with van der Waals surface area (Å²) in [5, 5.41) is 5.60. The lowest BCUT2D eigenvalue weighted by Crippen LogP contribution is -2.19. The van der Waals surface area contributed by atoms with Crippen LogP contribution in [0.1, 0.15) is 5.56 Å². The van der Waals surface area contributed by atoms with E-state index < -0.39 is 0 Å². The van der Waals surface area contributed by atoms with Crippen LogP contribution in [0, 0.1) is 10.5 Å². The molecule has 0 aliphatic carbocycles. The van der Waals surface area contributed by atoms with Gasteiger partial charge in [-0.15, -0.1) is 0 Å². The highest BCUT2D eigenvalue weighted by molar-refractivity contribution is 14.1. The Kier molecular flexibility index (Phi) is 4.81. The molecule has 0 aromatic heterocycles. The number of nitrogens with one attached hydrogen (secondary N) is 2. The fourth-order valence-electron chi connectivity index (χ4n) is 1.51. The quantitative estimate of drug-likeness (QED) is 0.646. The van der Waals surface area contributed by atoms with Gasteiger partial charge < -0.3 is 10.6 Å². The van der Waals surface area contributed by atoms with Crippen molar-refractivity contribution in [3.8, 4) is 0 Å². The second kappa shape index (κ2) is 6.38. The molecule has 0 saturated carbocycles. The average Bonchev–Trinajstić information content (AvgIpc) is 2.37. The van der Waals surface area contributed by atoms with E-state index in [4.69, 9.17) is 0 Å². The highest BCUT2D eigenvalue weighted by Crippen LogP contribution is 2.24. The van der Waals surface area contributed by atoms with Crippen LogP contribution in [0.5, 0.6) is 0 Å². The van der Waals surface area contributed by atoms with E-state index in [0.717, 1.165) is 25.0 Å². The first-order valence-electron chi connectivity index (χ1n) is 5.64. The zero-order valence-corrected chi connectivity index (χ0v) is 13.9. The largest absolute Gasteiger partial charge is 0.323 e. The summed E-state index contributed by atoms with van der Waals surface area (Å²) in [4.78, 5) is 11.9. The Hall–Kier alpha value is -1.08. The molecule has 0 saturated heterocycles. The van der Waals surface area contributed by atoms with Crippen LogP contribution in [-0.4, -0.2) is 6.03 Å². The van der Waals surface area contributed by atoms with Crippen molar-refractivity contribution in [1.82, 2.24) is 0 Å². The zero-order valence-electron chi connectivity index (χ0n) is 10.2. The molecule has 2 rings (SSSR count). The monoisotopic (exact) mass is 430 g/mol. The smallest absolute Gasteiger partial charge is 0.308 e. The van der Waals surface area contributed by atoms with Gasteiger partial charge in [0.1, 0.15) is 0 Å². The minimum Gasteiger partial charge on any atom is -0.308 e.